The zero-order valence-electron chi connectivity index (χ0n) is 9.23. The van der Waals surface area contributed by atoms with Gasteiger partial charge in [0.15, 0.2) is 0 Å². The number of aliphatic hydroxyl groups excluding tert-OH is 1. The van der Waals surface area contributed by atoms with E-state index in [2.05, 4.69) is 0 Å². The molecule has 1 aliphatic rings. The molecule has 1 fully saturated rings. The Balaban J connectivity index is 1.96. The summed E-state index contributed by atoms with van der Waals surface area (Å²) in [5.41, 5.74) is 0.992. The van der Waals surface area contributed by atoms with Gasteiger partial charge >= 0.3 is 0 Å². The average molecular weight is 241 g/mol. The lowest BCUT2D eigenvalue weighted by Crippen LogP contribution is -2.33. The van der Waals surface area contributed by atoms with E-state index < -0.39 is 6.10 Å². The Hall–Kier alpha value is -0.570. The minimum atomic E-state index is -0.444. The van der Waals surface area contributed by atoms with E-state index >= 15 is 0 Å². The third kappa shape index (κ3) is 2.97. The molecule has 1 N–H and O–H groups in total. The smallest absolute Gasteiger partial charge is 0.0842 e. The van der Waals surface area contributed by atoms with Crippen molar-refractivity contribution in [2.24, 2.45) is 0 Å². The molecule has 0 aromatic heterocycles. The van der Waals surface area contributed by atoms with E-state index in [1.54, 1.807) is 0 Å². The van der Waals surface area contributed by atoms with Crippen molar-refractivity contribution in [3.63, 3.8) is 0 Å². The maximum absolute atomic E-state index is 10.1. The molecule has 0 radical (unpaired) electrons. The summed E-state index contributed by atoms with van der Waals surface area (Å²) in [6.07, 6.45) is 3.31. The molecular weight excluding hydrogens is 224 g/mol. The molecule has 1 saturated heterocycles. The molecule has 2 unspecified atom stereocenters. The van der Waals surface area contributed by atoms with Gasteiger partial charge in [-0.2, -0.15) is 0 Å². The van der Waals surface area contributed by atoms with Gasteiger partial charge in [0.25, 0.3) is 0 Å². The zero-order valence-corrected chi connectivity index (χ0v) is 9.99. The van der Waals surface area contributed by atoms with Crippen LogP contribution in [-0.2, 0) is 11.2 Å². The van der Waals surface area contributed by atoms with Gasteiger partial charge in [-0.3, -0.25) is 0 Å². The summed E-state index contributed by atoms with van der Waals surface area (Å²) in [7, 11) is 0. The Morgan fingerprint density at radius 2 is 2.19 bits per heavy atom. The van der Waals surface area contributed by atoms with E-state index in [1.807, 2.05) is 24.3 Å². The minimum absolute atomic E-state index is 0.0231. The number of benzene rings is 1. The number of hydrogen-bond donors (Lipinski definition) is 1. The molecule has 2 nitrogen and oxygen atoms in total. The van der Waals surface area contributed by atoms with Gasteiger partial charge in [0, 0.05) is 18.1 Å². The van der Waals surface area contributed by atoms with Crippen molar-refractivity contribution >= 4 is 11.6 Å². The lowest BCUT2D eigenvalue weighted by atomic mass is 9.98. The first-order chi connectivity index (χ1) is 7.77. The normalized spacial score (nSPS) is 23.0. The Kier molecular flexibility index (Phi) is 4.22. The molecule has 2 rings (SSSR count). The van der Waals surface area contributed by atoms with E-state index in [9.17, 15) is 5.11 Å². The Morgan fingerprint density at radius 1 is 1.38 bits per heavy atom. The first-order valence-electron chi connectivity index (χ1n) is 5.80. The van der Waals surface area contributed by atoms with Crippen molar-refractivity contribution in [2.45, 2.75) is 37.9 Å². The summed E-state index contributed by atoms with van der Waals surface area (Å²) in [5.74, 6) is 0. The largest absolute Gasteiger partial charge is 0.390 e. The Morgan fingerprint density at radius 3 is 2.88 bits per heavy atom. The molecule has 0 saturated carbocycles. The topological polar surface area (TPSA) is 29.5 Å². The van der Waals surface area contributed by atoms with Crippen molar-refractivity contribution in [2.75, 3.05) is 6.61 Å². The van der Waals surface area contributed by atoms with Gasteiger partial charge in [-0.05, 0) is 30.9 Å². The third-order valence-electron chi connectivity index (χ3n) is 3.03. The van der Waals surface area contributed by atoms with Crippen LogP contribution in [0.1, 0.15) is 24.8 Å². The van der Waals surface area contributed by atoms with Gasteiger partial charge in [0.1, 0.15) is 0 Å². The highest BCUT2D eigenvalue weighted by Gasteiger charge is 2.23. The van der Waals surface area contributed by atoms with Crippen LogP contribution in [0.25, 0.3) is 0 Å². The molecule has 1 aromatic rings. The molecular formula is C13H17ClO2. The summed E-state index contributed by atoms with van der Waals surface area (Å²) in [6.45, 7) is 0.768. The van der Waals surface area contributed by atoms with E-state index in [-0.39, 0.29) is 6.10 Å². The fourth-order valence-electron chi connectivity index (χ4n) is 2.09. The van der Waals surface area contributed by atoms with Crippen LogP contribution in [0.3, 0.4) is 0 Å². The monoisotopic (exact) mass is 240 g/mol. The predicted octanol–water partition coefficient (Wildman–Crippen LogP) is 2.81. The van der Waals surface area contributed by atoms with Crippen LogP contribution in [-0.4, -0.2) is 23.9 Å². The molecule has 0 aliphatic carbocycles. The highest BCUT2D eigenvalue weighted by Crippen LogP contribution is 2.22. The van der Waals surface area contributed by atoms with Gasteiger partial charge in [-0.15, -0.1) is 0 Å². The van der Waals surface area contributed by atoms with Gasteiger partial charge in [-0.25, -0.2) is 0 Å². The highest BCUT2D eigenvalue weighted by molar-refractivity contribution is 6.31. The molecule has 88 valence electrons. The predicted molar refractivity (Wildman–Crippen MR) is 64.8 cm³/mol. The van der Waals surface area contributed by atoms with E-state index in [0.29, 0.717) is 6.42 Å². The van der Waals surface area contributed by atoms with Crippen LogP contribution in [0.2, 0.25) is 5.02 Å². The van der Waals surface area contributed by atoms with Crippen LogP contribution < -0.4 is 0 Å². The zero-order chi connectivity index (χ0) is 11.4. The number of hydrogen-bond acceptors (Lipinski definition) is 2. The second kappa shape index (κ2) is 5.67. The lowest BCUT2D eigenvalue weighted by molar-refractivity contribution is -0.0611. The lowest BCUT2D eigenvalue weighted by Gasteiger charge is -2.27. The minimum Gasteiger partial charge on any atom is -0.390 e. The maximum Gasteiger partial charge on any atom is 0.0842 e. The van der Waals surface area contributed by atoms with Crippen LogP contribution in [0.15, 0.2) is 24.3 Å². The first-order valence-corrected chi connectivity index (χ1v) is 6.18. The summed E-state index contributed by atoms with van der Waals surface area (Å²) in [4.78, 5) is 0. The Bertz CT molecular complexity index is 334. The van der Waals surface area contributed by atoms with Crippen LogP contribution in [0.4, 0.5) is 0 Å². The van der Waals surface area contributed by atoms with Crippen molar-refractivity contribution in [3.8, 4) is 0 Å². The standard InChI is InChI=1S/C13H17ClO2/c14-11-6-2-1-5-10(11)9-12(15)13-7-3-4-8-16-13/h1-2,5-6,12-13,15H,3-4,7-9H2. The van der Waals surface area contributed by atoms with E-state index in [4.69, 9.17) is 16.3 Å². The fourth-order valence-corrected chi connectivity index (χ4v) is 2.30. The number of halogens is 1. The van der Waals surface area contributed by atoms with E-state index in [1.165, 1.54) is 0 Å². The number of ether oxygens (including phenoxy) is 1. The van der Waals surface area contributed by atoms with Crippen molar-refractivity contribution in [3.05, 3.63) is 34.9 Å². The quantitative estimate of drug-likeness (QED) is 0.881. The summed E-state index contributed by atoms with van der Waals surface area (Å²) >= 11 is 6.06. The van der Waals surface area contributed by atoms with Crippen LogP contribution >= 0.6 is 11.6 Å². The molecule has 1 heterocycles. The molecule has 3 heteroatoms. The molecule has 2 atom stereocenters. The SMILES string of the molecule is OC(Cc1ccccc1Cl)C1CCCCO1. The van der Waals surface area contributed by atoms with Crippen molar-refractivity contribution < 1.29 is 9.84 Å². The summed E-state index contributed by atoms with van der Waals surface area (Å²) in [6, 6.07) is 7.64. The number of rotatable bonds is 3. The molecule has 0 spiro atoms. The first kappa shape index (κ1) is 11.9. The second-order valence-electron chi connectivity index (χ2n) is 4.27. The molecule has 16 heavy (non-hydrogen) atoms. The van der Waals surface area contributed by atoms with Gasteiger partial charge < -0.3 is 9.84 Å². The average Bonchev–Trinajstić information content (AvgIpc) is 2.33. The molecule has 0 bridgehead atoms. The van der Waals surface area contributed by atoms with E-state index in [0.717, 1.165) is 36.5 Å². The van der Waals surface area contributed by atoms with Crippen molar-refractivity contribution in [1.82, 2.24) is 0 Å². The fraction of sp³-hybridized carbons (Fsp3) is 0.538. The Labute approximate surface area is 101 Å². The highest BCUT2D eigenvalue weighted by atomic mass is 35.5. The number of aliphatic hydroxyl groups is 1. The van der Waals surface area contributed by atoms with Gasteiger partial charge in [0.05, 0.1) is 12.2 Å². The van der Waals surface area contributed by atoms with Crippen LogP contribution in [0, 0.1) is 0 Å². The van der Waals surface area contributed by atoms with Crippen LogP contribution in [0.5, 0.6) is 0 Å². The second-order valence-corrected chi connectivity index (χ2v) is 4.68. The summed E-state index contributed by atoms with van der Waals surface area (Å²) in [5, 5.41) is 10.8. The van der Waals surface area contributed by atoms with Crippen molar-refractivity contribution in [1.29, 1.82) is 0 Å². The molecule has 0 amide bonds. The molecule has 1 aromatic carbocycles. The molecule has 1 aliphatic heterocycles. The maximum atomic E-state index is 10.1. The van der Waals surface area contributed by atoms with Gasteiger partial charge in [-0.1, -0.05) is 29.8 Å². The van der Waals surface area contributed by atoms with Gasteiger partial charge in [0.2, 0.25) is 0 Å². The summed E-state index contributed by atoms with van der Waals surface area (Å²) < 4.78 is 5.56. The third-order valence-corrected chi connectivity index (χ3v) is 3.40.